The number of hydrogen-bond acceptors (Lipinski definition) is 9. The number of benzene rings is 3. The average molecular weight is 513 g/mol. The molecular formula is C28H19NO9. The number of phenolic OH excluding ortho intramolecular Hbond substituents is 3. The van der Waals surface area contributed by atoms with Crippen LogP contribution in [0.25, 0.3) is 33.2 Å². The van der Waals surface area contributed by atoms with Crippen LogP contribution in [0.4, 0.5) is 0 Å². The number of aromatic amines is 1. The minimum Gasteiger partial charge on any atom is -0.507 e. The zero-order chi connectivity index (χ0) is 26.7. The Morgan fingerprint density at radius 1 is 0.921 bits per heavy atom. The second-order valence-electron chi connectivity index (χ2n) is 8.93. The van der Waals surface area contributed by atoms with E-state index in [2.05, 4.69) is 4.98 Å². The fourth-order valence-electron chi connectivity index (χ4n) is 4.83. The first-order valence-electron chi connectivity index (χ1n) is 11.5. The molecule has 0 saturated carbocycles. The average Bonchev–Trinajstić information content (AvgIpc) is 2.88. The maximum Gasteiger partial charge on any atom is 0.312 e. The van der Waals surface area contributed by atoms with Gasteiger partial charge in [0.2, 0.25) is 0 Å². The van der Waals surface area contributed by atoms with E-state index >= 15 is 0 Å². The summed E-state index contributed by atoms with van der Waals surface area (Å²) in [6.07, 6.45) is -0.223. The number of methoxy groups -OCH3 is 1. The number of carbonyl (C=O) groups excluding carboxylic acids is 1. The SMILES string of the molecule is COc1ccc2[nH]c(=O)c(C3CC(=O)Oc4cc(O)c5c(=O)cc(-c6ccc(O)c(O)c6)oc5c43)cc2c1. The van der Waals surface area contributed by atoms with Gasteiger partial charge in [-0.2, -0.15) is 0 Å². The highest BCUT2D eigenvalue weighted by atomic mass is 16.5. The fourth-order valence-corrected chi connectivity index (χ4v) is 4.83. The molecule has 190 valence electrons. The van der Waals surface area contributed by atoms with Crippen LogP contribution >= 0.6 is 0 Å². The summed E-state index contributed by atoms with van der Waals surface area (Å²) < 4.78 is 16.8. The quantitative estimate of drug-likeness (QED) is 0.160. The molecule has 0 bridgehead atoms. The standard InChI is InChI=1S/C28H19NO9/c1-36-14-3-4-17-13(6-14)7-16(28(35)29-17)15-9-24(34)37-23-11-21(33)26-20(32)10-22(38-27(26)25(15)23)12-2-5-18(30)19(31)8-12/h2-8,10-11,15,30-31,33H,9H2,1H3,(H,29,35). The molecule has 0 spiro atoms. The molecule has 6 rings (SSSR count). The van der Waals surface area contributed by atoms with Crippen LogP contribution in [0.2, 0.25) is 0 Å². The van der Waals surface area contributed by atoms with Crippen molar-refractivity contribution in [2.75, 3.05) is 7.11 Å². The first-order chi connectivity index (χ1) is 18.2. The van der Waals surface area contributed by atoms with Crippen molar-refractivity contribution < 1.29 is 34.0 Å². The van der Waals surface area contributed by atoms with E-state index in [9.17, 15) is 29.7 Å². The molecule has 1 atom stereocenters. The van der Waals surface area contributed by atoms with Gasteiger partial charge in [0.1, 0.15) is 34.0 Å². The van der Waals surface area contributed by atoms with Crippen molar-refractivity contribution in [3.8, 4) is 40.1 Å². The van der Waals surface area contributed by atoms with Crippen molar-refractivity contribution in [1.29, 1.82) is 0 Å². The Kier molecular flexibility index (Phi) is 5.13. The number of pyridine rings is 1. The summed E-state index contributed by atoms with van der Waals surface area (Å²) in [7, 11) is 1.52. The molecule has 0 radical (unpaired) electrons. The van der Waals surface area contributed by atoms with E-state index in [0.29, 0.717) is 16.7 Å². The van der Waals surface area contributed by atoms with Crippen LogP contribution in [0.1, 0.15) is 23.5 Å². The summed E-state index contributed by atoms with van der Waals surface area (Å²) in [6.45, 7) is 0. The molecule has 5 aromatic rings. The van der Waals surface area contributed by atoms with Gasteiger partial charge in [0.25, 0.3) is 5.56 Å². The number of carbonyl (C=O) groups is 1. The highest BCUT2D eigenvalue weighted by Gasteiger charge is 2.35. The Balaban J connectivity index is 1.65. The second kappa shape index (κ2) is 8.41. The first kappa shape index (κ1) is 23.2. The van der Waals surface area contributed by atoms with Gasteiger partial charge in [-0.05, 0) is 42.5 Å². The molecule has 0 fully saturated rings. The van der Waals surface area contributed by atoms with E-state index in [-0.39, 0.29) is 51.3 Å². The largest absolute Gasteiger partial charge is 0.507 e. The van der Waals surface area contributed by atoms with Gasteiger partial charge in [0, 0.05) is 45.6 Å². The normalized spacial score (nSPS) is 14.9. The first-order valence-corrected chi connectivity index (χ1v) is 11.5. The minimum atomic E-state index is -0.875. The van der Waals surface area contributed by atoms with Crippen LogP contribution in [0, 0.1) is 0 Å². The predicted molar refractivity (Wildman–Crippen MR) is 136 cm³/mol. The topological polar surface area (TPSA) is 159 Å². The van der Waals surface area contributed by atoms with Gasteiger partial charge in [0.05, 0.1) is 13.5 Å². The summed E-state index contributed by atoms with van der Waals surface area (Å²) in [6, 6.07) is 13.0. The van der Waals surface area contributed by atoms with E-state index in [4.69, 9.17) is 13.9 Å². The Bertz CT molecular complexity index is 1920. The Hall–Kier alpha value is -5.25. The molecule has 10 nitrogen and oxygen atoms in total. The third kappa shape index (κ3) is 3.62. The van der Waals surface area contributed by atoms with Crippen molar-refractivity contribution in [2.45, 2.75) is 12.3 Å². The van der Waals surface area contributed by atoms with Gasteiger partial charge in [0.15, 0.2) is 16.9 Å². The molecule has 0 aliphatic carbocycles. The van der Waals surface area contributed by atoms with Crippen molar-refractivity contribution in [3.05, 3.63) is 86.3 Å². The lowest BCUT2D eigenvalue weighted by Gasteiger charge is -2.25. The number of phenols is 3. The molecule has 3 heterocycles. The molecule has 3 aromatic carbocycles. The summed E-state index contributed by atoms with van der Waals surface area (Å²) in [5, 5.41) is 30.7. The van der Waals surface area contributed by atoms with Gasteiger partial charge in [-0.1, -0.05) is 0 Å². The van der Waals surface area contributed by atoms with E-state index in [1.807, 2.05) is 0 Å². The third-order valence-electron chi connectivity index (χ3n) is 6.64. The van der Waals surface area contributed by atoms with Crippen molar-refractivity contribution >= 4 is 27.8 Å². The molecule has 1 aliphatic heterocycles. The number of fused-ring (bicyclic) bond motifs is 4. The predicted octanol–water partition coefficient (Wildman–Crippen LogP) is 3.87. The third-order valence-corrected chi connectivity index (χ3v) is 6.64. The van der Waals surface area contributed by atoms with Gasteiger partial charge in [-0.15, -0.1) is 0 Å². The van der Waals surface area contributed by atoms with Gasteiger partial charge < -0.3 is 34.2 Å². The molecule has 4 N–H and O–H groups in total. The highest BCUT2D eigenvalue weighted by Crippen LogP contribution is 2.46. The summed E-state index contributed by atoms with van der Waals surface area (Å²) in [5.74, 6) is -2.19. The number of ether oxygens (including phenoxy) is 2. The van der Waals surface area contributed by atoms with Crippen LogP contribution < -0.4 is 20.5 Å². The van der Waals surface area contributed by atoms with Crippen LogP contribution in [0.5, 0.6) is 28.7 Å². The number of rotatable bonds is 3. The molecule has 0 amide bonds. The van der Waals surface area contributed by atoms with E-state index in [1.165, 1.54) is 25.3 Å². The minimum absolute atomic E-state index is 0.0263. The number of aromatic nitrogens is 1. The monoisotopic (exact) mass is 513 g/mol. The molecule has 10 heteroatoms. The molecular weight excluding hydrogens is 494 g/mol. The zero-order valence-electron chi connectivity index (χ0n) is 19.8. The van der Waals surface area contributed by atoms with E-state index in [1.54, 1.807) is 24.3 Å². The van der Waals surface area contributed by atoms with E-state index < -0.39 is 34.4 Å². The summed E-state index contributed by atoms with van der Waals surface area (Å²) in [4.78, 5) is 41.7. The summed E-state index contributed by atoms with van der Waals surface area (Å²) >= 11 is 0. The number of nitrogens with one attached hydrogen (secondary N) is 1. The smallest absolute Gasteiger partial charge is 0.312 e. The van der Waals surface area contributed by atoms with Gasteiger partial charge >= 0.3 is 5.97 Å². The van der Waals surface area contributed by atoms with Crippen LogP contribution in [-0.2, 0) is 4.79 Å². The van der Waals surface area contributed by atoms with Gasteiger partial charge in [-0.25, -0.2) is 0 Å². The highest BCUT2D eigenvalue weighted by molar-refractivity contribution is 5.93. The molecule has 0 saturated heterocycles. The van der Waals surface area contributed by atoms with Crippen LogP contribution in [0.3, 0.4) is 0 Å². The lowest BCUT2D eigenvalue weighted by molar-refractivity contribution is -0.135. The molecule has 2 aromatic heterocycles. The van der Waals surface area contributed by atoms with E-state index in [0.717, 1.165) is 12.1 Å². The zero-order valence-corrected chi connectivity index (χ0v) is 19.8. The molecule has 1 unspecified atom stereocenters. The number of hydrogen-bond donors (Lipinski definition) is 4. The molecule has 38 heavy (non-hydrogen) atoms. The van der Waals surface area contributed by atoms with Crippen molar-refractivity contribution in [3.63, 3.8) is 0 Å². The van der Waals surface area contributed by atoms with Crippen molar-refractivity contribution in [1.82, 2.24) is 4.98 Å². The van der Waals surface area contributed by atoms with Crippen LogP contribution in [-0.4, -0.2) is 33.4 Å². The lowest BCUT2D eigenvalue weighted by Crippen LogP contribution is -2.26. The number of H-pyrrole nitrogens is 1. The van der Waals surface area contributed by atoms with Crippen LogP contribution in [0.15, 0.2) is 68.6 Å². The fraction of sp³-hybridized carbons (Fsp3) is 0.107. The molecule has 1 aliphatic rings. The maximum absolute atomic E-state index is 13.2. The number of esters is 1. The summed E-state index contributed by atoms with van der Waals surface area (Å²) in [5.41, 5.74) is 0.195. The van der Waals surface area contributed by atoms with Crippen molar-refractivity contribution in [2.24, 2.45) is 0 Å². The Morgan fingerprint density at radius 2 is 1.74 bits per heavy atom. The Morgan fingerprint density at radius 3 is 2.50 bits per heavy atom. The second-order valence-corrected chi connectivity index (χ2v) is 8.93. The Labute approximate surface area is 212 Å². The van der Waals surface area contributed by atoms with Gasteiger partial charge in [-0.3, -0.25) is 14.4 Å². The maximum atomic E-state index is 13.2. The lowest BCUT2D eigenvalue weighted by atomic mass is 9.85. The number of aromatic hydroxyl groups is 3.